The minimum absolute atomic E-state index is 0.0257. The van der Waals surface area contributed by atoms with E-state index in [9.17, 15) is 18.0 Å². The Balaban J connectivity index is 1.65. The highest BCUT2D eigenvalue weighted by molar-refractivity contribution is 5.94. The predicted octanol–water partition coefficient (Wildman–Crippen LogP) is 4.59. The molecule has 7 heteroatoms. The molecule has 1 heterocycles. The van der Waals surface area contributed by atoms with Crippen molar-refractivity contribution in [2.45, 2.75) is 38.3 Å². The van der Waals surface area contributed by atoms with Gasteiger partial charge in [-0.15, -0.1) is 0 Å². The van der Waals surface area contributed by atoms with Crippen LogP contribution in [0.15, 0.2) is 54.6 Å². The molecule has 1 amide bonds. The van der Waals surface area contributed by atoms with Crippen LogP contribution in [-0.2, 0) is 22.6 Å². The molecule has 1 saturated heterocycles. The minimum atomic E-state index is -4.35. The van der Waals surface area contributed by atoms with Gasteiger partial charge in [0.05, 0.1) is 12.7 Å². The molecule has 1 aliphatic rings. The second-order valence-electron chi connectivity index (χ2n) is 7.11. The van der Waals surface area contributed by atoms with Crippen LogP contribution in [0.3, 0.4) is 0 Å². The Morgan fingerprint density at radius 2 is 1.79 bits per heavy atom. The highest BCUT2D eigenvalue weighted by atomic mass is 19.4. The van der Waals surface area contributed by atoms with Crippen LogP contribution >= 0.6 is 0 Å². The van der Waals surface area contributed by atoms with Gasteiger partial charge in [-0.1, -0.05) is 42.5 Å². The molecule has 2 aromatic rings. The van der Waals surface area contributed by atoms with E-state index < -0.39 is 12.8 Å². The van der Waals surface area contributed by atoms with Gasteiger partial charge < -0.3 is 14.4 Å². The molecule has 29 heavy (non-hydrogen) atoms. The lowest BCUT2D eigenvalue weighted by atomic mass is 10.1. The van der Waals surface area contributed by atoms with Gasteiger partial charge in [-0.05, 0) is 36.1 Å². The quantitative estimate of drug-likeness (QED) is 0.643. The molecule has 0 bridgehead atoms. The first-order valence-electron chi connectivity index (χ1n) is 9.59. The fraction of sp³-hybridized carbons (Fsp3) is 0.409. The van der Waals surface area contributed by atoms with Gasteiger partial charge in [-0.25, -0.2) is 0 Å². The first kappa shape index (κ1) is 21.3. The van der Waals surface area contributed by atoms with Crippen LogP contribution < -0.4 is 0 Å². The molecule has 0 N–H and O–H groups in total. The zero-order valence-electron chi connectivity index (χ0n) is 16.0. The number of hydrogen-bond donors (Lipinski definition) is 0. The number of rotatable bonds is 8. The van der Waals surface area contributed by atoms with Crippen molar-refractivity contribution in [3.8, 4) is 0 Å². The van der Waals surface area contributed by atoms with Crippen molar-refractivity contribution in [2.24, 2.45) is 0 Å². The Morgan fingerprint density at radius 1 is 1.07 bits per heavy atom. The van der Waals surface area contributed by atoms with E-state index in [0.29, 0.717) is 30.8 Å². The Hall–Kier alpha value is -2.38. The van der Waals surface area contributed by atoms with Gasteiger partial charge >= 0.3 is 6.18 Å². The molecule has 0 radical (unpaired) electrons. The lowest BCUT2D eigenvalue weighted by Crippen LogP contribution is -2.37. The summed E-state index contributed by atoms with van der Waals surface area (Å²) >= 11 is 0. The molecule has 0 saturated carbocycles. The smallest absolute Gasteiger partial charge is 0.376 e. The Labute approximate surface area is 168 Å². The van der Waals surface area contributed by atoms with Crippen LogP contribution in [0.5, 0.6) is 0 Å². The standard InChI is InChI=1S/C22H24F3NO3/c23-22(24,25)16-28-15-18-8-10-19(11-9-18)21(27)26(14-20-7-4-12-29-20)13-17-5-2-1-3-6-17/h1-3,5-6,8-11,20H,4,7,12-16H2. The van der Waals surface area contributed by atoms with Crippen molar-refractivity contribution in [1.29, 1.82) is 0 Å². The van der Waals surface area contributed by atoms with Crippen LogP contribution in [0.2, 0.25) is 0 Å². The number of carbonyl (C=O) groups is 1. The van der Waals surface area contributed by atoms with Crippen molar-refractivity contribution in [3.63, 3.8) is 0 Å². The van der Waals surface area contributed by atoms with E-state index in [-0.39, 0.29) is 18.6 Å². The van der Waals surface area contributed by atoms with Crippen molar-refractivity contribution >= 4 is 5.91 Å². The van der Waals surface area contributed by atoms with Gasteiger partial charge in [-0.2, -0.15) is 13.2 Å². The van der Waals surface area contributed by atoms with Crippen LogP contribution in [0.4, 0.5) is 13.2 Å². The third kappa shape index (κ3) is 6.87. The van der Waals surface area contributed by atoms with Crippen LogP contribution in [0.25, 0.3) is 0 Å². The van der Waals surface area contributed by atoms with E-state index >= 15 is 0 Å². The molecule has 4 nitrogen and oxygen atoms in total. The monoisotopic (exact) mass is 407 g/mol. The topological polar surface area (TPSA) is 38.8 Å². The maximum atomic E-state index is 13.1. The highest BCUT2D eigenvalue weighted by Crippen LogP contribution is 2.19. The summed E-state index contributed by atoms with van der Waals surface area (Å²) < 4.78 is 46.9. The largest absolute Gasteiger partial charge is 0.411 e. The zero-order valence-corrected chi connectivity index (χ0v) is 16.0. The maximum Gasteiger partial charge on any atom is 0.411 e. The molecule has 0 aliphatic carbocycles. The molecular formula is C22H24F3NO3. The SMILES string of the molecule is O=C(c1ccc(COCC(F)(F)F)cc1)N(Cc1ccccc1)CC1CCCO1. The third-order valence-electron chi connectivity index (χ3n) is 4.69. The van der Waals surface area contributed by atoms with Crippen LogP contribution in [0.1, 0.15) is 34.3 Å². The summed E-state index contributed by atoms with van der Waals surface area (Å²) in [5.41, 5.74) is 2.09. The van der Waals surface area contributed by atoms with Gasteiger partial charge in [0.15, 0.2) is 0 Å². The molecule has 1 unspecified atom stereocenters. The fourth-order valence-corrected chi connectivity index (χ4v) is 3.27. The molecule has 156 valence electrons. The first-order chi connectivity index (χ1) is 13.9. The number of ether oxygens (including phenoxy) is 2. The van der Waals surface area contributed by atoms with Crippen molar-refractivity contribution < 1.29 is 27.4 Å². The Kier molecular flexibility index (Phi) is 7.28. The molecule has 3 rings (SSSR count). The van der Waals surface area contributed by atoms with Gasteiger partial charge in [0.1, 0.15) is 6.61 Å². The van der Waals surface area contributed by atoms with E-state index in [1.807, 2.05) is 30.3 Å². The fourth-order valence-electron chi connectivity index (χ4n) is 3.27. The number of hydrogen-bond acceptors (Lipinski definition) is 3. The van der Waals surface area contributed by atoms with E-state index in [1.165, 1.54) is 0 Å². The minimum Gasteiger partial charge on any atom is -0.376 e. The van der Waals surface area contributed by atoms with Crippen LogP contribution in [-0.4, -0.2) is 42.8 Å². The Morgan fingerprint density at radius 3 is 2.41 bits per heavy atom. The van der Waals surface area contributed by atoms with E-state index in [2.05, 4.69) is 4.74 Å². The van der Waals surface area contributed by atoms with Gasteiger partial charge in [0, 0.05) is 25.3 Å². The summed E-state index contributed by atoms with van der Waals surface area (Å²) in [6, 6.07) is 16.2. The van der Waals surface area contributed by atoms with E-state index in [1.54, 1.807) is 29.2 Å². The predicted molar refractivity (Wildman–Crippen MR) is 102 cm³/mol. The summed E-state index contributed by atoms with van der Waals surface area (Å²) in [7, 11) is 0. The zero-order chi connectivity index (χ0) is 20.7. The molecular weight excluding hydrogens is 383 g/mol. The third-order valence-corrected chi connectivity index (χ3v) is 4.69. The van der Waals surface area contributed by atoms with Gasteiger partial charge in [-0.3, -0.25) is 4.79 Å². The van der Waals surface area contributed by atoms with Gasteiger partial charge in [0.25, 0.3) is 5.91 Å². The molecule has 1 aliphatic heterocycles. The number of benzene rings is 2. The summed E-state index contributed by atoms with van der Waals surface area (Å²) in [4.78, 5) is 14.8. The lowest BCUT2D eigenvalue weighted by Gasteiger charge is -2.26. The van der Waals surface area contributed by atoms with Crippen molar-refractivity contribution in [2.75, 3.05) is 19.8 Å². The molecule has 0 spiro atoms. The molecule has 0 aromatic heterocycles. The van der Waals surface area contributed by atoms with E-state index in [0.717, 1.165) is 18.4 Å². The summed E-state index contributed by atoms with van der Waals surface area (Å²) in [6.07, 6.45) is -2.41. The number of amides is 1. The Bertz CT molecular complexity index is 772. The van der Waals surface area contributed by atoms with Crippen LogP contribution in [0, 0.1) is 0 Å². The van der Waals surface area contributed by atoms with Crippen molar-refractivity contribution in [1.82, 2.24) is 4.90 Å². The summed E-state index contributed by atoms with van der Waals surface area (Å²) in [5, 5.41) is 0. The van der Waals surface area contributed by atoms with Gasteiger partial charge in [0.2, 0.25) is 0 Å². The lowest BCUT2D eigenvalue weighted by molar-refractivity contribution is -0.176. The average molecular weight is 407 g/mol. The highest BCUT2D eigenvalue weighted by Gasteiger charge is 2.27. The molecule has 1 atom stereocenters. The number of carbonyl (C=O) groups excluding carboxylic acids is 1. The number of halogens is 3. The number of alkyl halides is 3. The summed E-state index contributed by atoms with van der Waals surface area (Å²) in [5.74, 6) is -0.132. The average Bonchev–Trinajstić information content (AvgIpc) is 3.20. The molecule has 2 aromatic carbocycles. The van der Waals surface area contributed by atoms with E-state index in [4.69, 9.17) is 4.74 Å². The normalized spacial score (nSPS) is 16.7. The number of nitrogens with zero attached hydrogens (tertiary/aromatic N) is 1. The second-order valence-corrected chi connectivity index (χ2v) is 7.11. The van der Waals surface area contributed by atoms with Crippen molar-refractivity contribution in [3.05, 3.63) is 71.3 Å². The second kappa shape index (κ2) is 9.89. The molecule has 1 fully saturated rings. The summed E-state index contributed by atoms with van der Waals surface area (Å²) in [6.45, 7) is 0.238. The first-order valence-corrected chi connectivity index (χ1v) is 9.59. The maximum absolute atomic E-state index is 13.1.